The monoisotopic (exact) mass is 241 g/mol. The SMILES string of the molecule is CC(C)c1nsc(NCC(C)C(C)(C)C)n1. The highest BCUT2D eigenvalue weighted by molar-refractivity contribution is 7.09. The molecule has 1 N–H and O–H groups in total. The lowest BCUT2D eigenvalue weighted by Gasteiger charge is -2.27. The average molecular weight is 241 g/mol. The summed E-state index contributed by atoms with van der Waals surface area (Å²) >= 11 is 1.46. The van der Waals surface area contributed by atoms with Crippen LogP contribution in [0.15, 0.2) is 0 Å². The van der Waals surface area contributed by atoms with Crippen LogP contribution in [0.25, 0.3) is 0 Å². The topological polar surface area (TPSA) is 37.8 Å². The fraction of sp³-hybridized carbons (Fsp3) is 0.833. The van der Waals surface area contributed by atoms with E-state index in [1.54, 1.807) is 0 Å². The summed E-state index contributed by atoms with van der Waals surface area (Å²) in [6, 6.07) is 0. The molecule has 0 amide bonds. The van der Waals surface area contributed by atoms with E-state index in [-0.39, 0.29) is 0 Å². The summed E-state index contributed by atoms with van der Waals surface area (Å²) in [6.45, 7) is 14.2. The molecule has 0 saturated heterocycles. The smallest absolute Gasteiger partial charge is 0.202 e. The van der Waals surface area contributed by atoms with Gasteiger partial charge in [0.25, 0.3) is 0 Å². The number of hydrogen-bond donors (Lipinski definition) is 1. The van der Waals surface area contributed by atoms with E-state index in [1.807, 2.05) is 0 Å². The molecule has 0 aliphatic heterocycles. The lowest BCUT2D eigenvalue weighted by Crippen LogP contribution is -2.24. The molecular weight excluding hydrogens is 218 g/mol. The van der Waals surface area contributed by atoms with Gasteiger partial charge in [0.1, 0.15) is 5.82 Å². The van der Waals surface area contributed by atoms with Gasteiger partial charge < -0.3 is 5.32 Å². The van der Waals surface area contributed by atoms with Gasteiger partial charge in [0.2, 0.25) is 5.13 Å². The van der Waals surface area contributed by atoms with Crippen LogP contribution in [0, 0.1) is 11.3 Å². The van der Waals surface area contributed by atoms with Crippen LogP contribution in [0.3, 0.4) is 0 Å². The van der Waals surface area contributed by atoms with Crippen molar-refractivity contribution in [2.24, 2.45) is 11.3 Å². The van der Waals surface area contributed by atoms with Crippen molar-refractivity contribution in [3.8, 4) is 0 Å². The van der Waals surface area contributed by atoms with Gasteiger partial charge in [-0.2, -0.15) is 4.37 Å². The summed E-state index contributed by atoms with van der Waals surface area (Å²) in [5, 5.41) is 4.32. The van der Waals surface area contributed by atoms with Gasteiger partial charge >= 0.3 is 0 Å². The maximum atomic E-state index is 4.46. The summed E-state index contributed by atoms with van der Waals surface area (Å²) in [6.07, 6.45) is 0. The molecule has 0 aromatic carbocycles. The summed E-state index contributed by atoms with van der Waals surface area (Å²) in [4.78, 5) is 4.46. The molecular formula is C12H23N3S. The number of nitrogens with one attached hydrogen (secondary N) is 1. The van der Waals surface area contributed by atoms with Crippen molar-refractivity contribution in [2.45, 2.75) is 47.5 Å². The number of aromatic nitrogens is 2. The Morgan fingerprint density at radius 2 is 1.88 bits per heavy atom. The quantitative estimate of drug-likeness (QED) is 0.872. The van der Waals surface area contributed by atoms with Crippen molar-refractivity contribution in [3.63, 3.8) is 0 Å². The fourth-order valence-electron chi connectivity index (χ4n) is 1.09. The third kappa shape index (κ3) is 3.74. The zero-order valence-electron chi connectivity index (χ0n) is 11.2. The Balaban J connectivity index is 2.49. The second-order valence-electron chi connectivity index (χ2n) is 5.76. The normalized spacial score (nSPS) is 14.2. The molecule has 4 heteroatoms. The second kappa shape index (κ2) is 5.13. The molecule has 1 rings (SSSR count). The first-order valence-electron chi connectivity index (χ1n) is 5.88. The number of hydrogen-bond acceptors (Lipinski definition) is 4. The van der Waals surface area contributed by atoms with Crippen LogP contribution < -0.4 is 5.32 Å². The molecule has 92 valence electrons. The molecule has 1 atom stereocenters. The Bertz CT molecular complexity index is 325. The summed E-state index contributed by atoms with van der Waals surface area (Å²) < 4.78 is 4.32. The van der Waals surface area contributed by atoms with E-state index in [1.165, 1.54) is 11.5 Å². The third-order valence-electron chi connectivity index (χ3n) is 3.00. The summed E-state index contributed by atoms with van der Waals surface area (Å²) in [5.74, 6) is 1.96. The molecule has 1 heterocycles. The van der Waals surface area contributed by atoms with Crippen LogP contribution in [-0.2, 0) is 0 Å². The Hall–Kier alpha value is -0.640. The van der Waals surface area contributed by atoms with Crippen LogP contribution in [-0.4, -0.2) is 15.9 Å². The molecule has 0 bridgehead atoms. The van der Waals surface area contributed by atoms with Gasteiger partial charge in [-0.25, -0.2) is 4.98 Å². The molecule has 0 spiro atoms. The molecule has 0 radical (unpaired) electrons. The minimum Gasteiger partial charge on any atom is -0.360 e. The molecule has 0 saturated carbocycles. The van der Waals surface area contributed by atoms with E-state index in [9.17, 15) is 0 Å². The van der Waals surface area contributed by atoms with Gasteiger partial charge in [-0.1, -0.05) is 41.5 Å². The number of anilines is 1. The predicted octanol–water partition coefficient (Wildman–Crippen LogP) is 3.76. The van der Waals surface area contributed by atoms with E-state index in [2.05, 4.69) is 56.2 Å². The van der Waals surface area contributed by atoms with Crippen LogP contribution in [0.5, 0.6) is 0 Å². The molecule has 1 unspecified atom stereocenters. The summed E-state index contributed by atoms with van der Waals surface area (Å²) in [7, 11) is 0. The molecule has 0 fully saturated rings. The van der Waals surface area contributed by atoms with Gasteiger partial charge in [0, 0.05) is 24.0 Å². The van der Waals surface area contributed by atoms with Crippen molar-refractivity contribution >= 4 is 16.7 Å². The van der Waals surface area contributed by atoms with Crippen molar-refractivity contribution in [1.29, 1.82) is 0 Å². The maximum Gasteiger partial charge on any atom is 0.202 e. The van der Waals surface area contributed by atoms with Gasteiger partial charge in [-0.3, -0.25) is 0 Å². The van der Waals surface area contributed by atoms with Gasteiger partial charge in [-0.15, -0.1) is 0 Å². The van der Waals surface area contributed by atoms with Crippen molar-refractivity contribution in [1.82, 2.24) is 9.36 Å². The zero-order chi connectivity index (χ0) is 12.3. The first kappa shape index (κ1) is 13.4. The first-order valence-corrected chi connectivity index (χ1v) is 6.65. The molecule has 16 heavy (non-hydrogen) atoms. The standard InChI is InChI=1S/C12H23N3S/c1-8(2)10-14-11(16-15-10)13-7-9(3)12(4,5)6/h8-9H,7H2,1-6H3,(H,13,14,15). The lowest BCUT2D eigenvalue weighted by molar-refractivity contribution is 0.274. The molecule has 1 aromatic heterocycles. The van der Waals surface area contributed by atoms with Crippen LogP contribution in [0.2, 0.25) is 0 Å². The number of rotatable bonds is 4. The third-order valence-corrected chi connectivity index (χ3v) is 3.68. The first-order chi connectivity index (χ1) is 7.30. The van der Waals surface area contributed by atoms with Gasteiger partial charge in [-0.05, 0) is 11.3 Å². The number of nitrogens with zero attached hydrogens (tertiary/aromatic N) is 2. The fourth-order valence-corrected chi connectivity index (χ4v) is 1.80. The molecule has 1 aromatic rings. The highest BCUT2D eigenvalue weighted by atomic mass is 32.1. The Morgan fingerprint density at radius 3 is 2.31 bits per heavy atom. The lowest BCUT2D eigenvalue weighted by atomic mass is 9.82. The van der Waals surface area contributed by atoms with E-state index >= 15 is 0 Å². The summed E-state index contributed by atoms with van der Waals surface area (Å²) in [5.41, 5.74) is 0.332. The van der Waals surface area contributed by atoms with Gasteiger partial charge in [0.15, 0.2) is 0 Å². The van der Waals surface area contributed by atoms with Crippen LogP contribution >= 0.6 is 11.5 Å². The highest BCUT2D eigenvalue weighted by Gasteiger charge is 2.20. The average Bonchev–Trinajstić information content (AvgIpc) is 2.60. The predicted molar refractivity (Wildman–Crippen MR) is 71.1 cm³/mol. The van der Waals surface area contributed by atoms with E-state index in [0.717, 1.165) is 17.5 Å². The Morgan fingerprint density at radius 1 is 1.25 bits per heavy atom. The minimum atomic E-state index is 0.332. The van der Waals surface area contributed by atoms with E-state index < -0.39 is 0 Å². The van der Waals surface area contributed by atoms with Crippen LogP contribution in [0.1, 0.15) is 53.3 Å². The largest absolute Gasteiger partial charge is 0.360 e. The van der Waals surface area contributed by atoms with Crippen molar-refractivity contribution in [2.75, 3.05) is 11.9 Å². The van der Waals surface area contributed by atoms with Crippen LogP contribution in [0.4, 0.5) is 5.13 Å². The van der Waals surface area contributed by atoms with Crippen molar-refractivity contribution < 1.29 is 0 Å². The van der Waals surface area contributed by atoms with E-state index in [4.69, 9.17) is 0 Å². The molecule has 0 aliphatic rings. The van der Waals surface area contributed by atoms with Crippen molar-refractivity contribution in [3.05, 3.63) is 5.82 Å². The molecule has 0 aliphatic carbocycles. The second-order valence-corrected chi connectivity index (χ2v) is 6.51. The Kier molecular flexibility index (Phi) is 4.30. The highest BCUT2D eigenvalue weighted by Crippen LogP contribution is 2.26. The van der Waals surface area contributed by atoms with Gasteiger partial charge in [0.05, 0.1) is 0 Å². The Labute approximate surface area is 103 Å². The minimum absolute atomic E-state index is 0.332. The maximum absolute atomic E-state index is 4.46. The zero-order valence-corrected chi connectivity index (χ0v) is 12.0. The van der Waals surface area contributed by atoms with E-state index in [0.29, 0.717) is 17.3 Å². The molecule has 3 nitrogen and oxygen atoms in total.